The van der Waals surface area contributed by atoms with Crippen molar-refractivity contribution < 1.29 is 4.79 Å². The normalized spacial score (nSPS) is 11.4. The van der Waals surface area contributed by atoms with Gasteiger partial charge in [-0.3, -0.25) is 4.79 Å². The van der Waals surface area contributed by atoms with Crippen molar-refractivity contribution in [2.75, 3.05) is 6.54 Å². The number of thiophene rings is 1. The van der Waals surface area contributed by atoms with Crippen LogP contribution in [0.1, 0.15) is 39.2 Å². The van der Waals surface area contributed by atoms with E-state index in [4.69, 9.17) is 0 Å². The van der Waals surface area contributed by atoms with Gasteiger partial charge >= 0.3 is 0 Å². The van der Waals surface area contributed by atoms with Crippen molar-refractivity contribution in [2.45, 2.75) is 39.0 Å². The van der Waals surface area contributed by atoms with Gasteiger partial charge in [0.1, 0.15) is 0 Å². The van der Waals surface area contributed by atoms with Gasteiger partial charge in [-0.15, -0.1) is 0 Å². The monoisotopic (exact) mass is 225 g/mol. The summed E-state index contributed by atoms with van der Waals surface area (Å²) in [6.45, 7) is 7.04. The first-order chi connectivity index (χ1) is 7.06. The van der Waals surface area contributed by atoms with E-state index in [9.17, 15) is 4.79 Å². The van der Waals surface area contributed by atoms with E-state index >= 15 is 0 Å². The number of rotatable bonds is 5. The molecule has 0 unspecified atom stereocenters. The van der Waals surface area contributed by atoms with Gasteiger partial charge in [0.2, 0.25) is 5.91 Å². The fraction of sp³-hybridized carbons (Fsp3) is 0.583. The lowest BCUT2D eigenvalue weighted by molar-refractivity contribution is -0.121. The Morgan fingerprint density at radius 2 is 2.27 bits per heavy atom. The standard InChI is InChI=1S/C12H19NOS/c1-4-5-11(14)13-9-12(2,3)10-6-7-15-8-10/h6-8H,4-5,9H2,1-3H3,(H,13,14). The summed E-state index contributed by atoms with van der Waals surface area (Å²) in [5.41, 5.74) is 1.33. The molecule has 84 valence electrons. The molecule has 0 aliphatic rings. The Hall–Kier alpha value is -0.830. The molecule has 0 fully saturated rings. The van der Waals surface area contributed by atoms with Crippen LogP contribution < -0.4 is 5.32 Å². The summed E-state index contributed by atoms with van der Waals surface area (Å²) in [4.78, 5) is 11.4. The third-order valence-corrected chi connectivity index (χ3v) is 3.19. The van der Waals surface area contributed by atoms with E-state index < -0.39 is 0 Å². The van der Waals surface area contributed by atoms with Gasteiger partial charge in [0.25, 0.3) is 0 Å². The summed E-state index contributed by atoms with van der Waals surface area (Å²) in [6, 6.07) is 2.12. The van der Waals surface area contributed by atoms with Gasteiger partial charge < -0.3 is 5.32 Å². The van der Waals surface area contributed by atoms with Crippen LogP contribution in [0.25, 0.3) is 0 Å². The van der Waals surface area contributed by atoms with E-state index in [1.807, 2.05) is 6.92 Å². The SMILES string of the molecule is CCCC(=O)NCC(C)(C)c1ccsc1. The zero-order valence-corrected chi connectivity index (χ0v) is 10.5. The third kappa shape index (κ3) is 3.67. The summed E-state index contributed by atoms with van der Waals surface area (Å²) < 4.78 is 0. The highest BCUT2D eigenvalue weighted by Gasteiger charge is 2.21. The van der Waals surface area contributed by atoms with E-state index in [0.29, 0.717) is 13.0 Å². The number of carbonyl (C=O) groups excluding carboxylic acids is 1. The van der Waals surface area contributed by atoms with E-state index in [1.54, 1.807) is 11.3 Å². The van der Waals surface area contributed by atoms with Crippen LogP contribution in [-0.2, 0) is 10.2 Å². The topological polar surface area (TPSA) is 29.1 Å². The summed E-state index contributed by atoms with van der Waals surface area (Å²) in [5, 5.41) is 7.20. The second-order valence-corrected chi connectivity index (χ2v) is 5.20. The molecule has 15 heavy (non-hydrogen) atoms. The molecule has 0 spiro atoms. The Bertz CT molecular complexity index is 303. The van der Waals surface area contributed by atoms with E-state index in [2.05, 4.69) is 36.0 Å². The predicted octanol–water partition coefficient (Wildman–Crippen LogP) is 2.94. The zero-order chi connectivity index (χ0) is 11.3. The molecule has 1 heterocycles. The summed E-state index contributed by atoms with van der Waals surface area (Å²) in [6.07, 6.45) is 1.53. The third-order valence-electron chi connectivity index (χ3n) is 2.51. The maximum absolute atomic E-state index is 11.4. The Balaban J connectivity index is 2.47. The number of nitrogens with one attached hydrogen (secondary N) is 1. The molecule has 0 bridgehead atoms. The average Bonchev–Trinajstić information content (AvgIpc) is 2.69. The first kappa shape index (κ1) is 12.2. The molecule has 2 nitrogen and oxygen atoms in total. The quantitative estimate of drug-likeness (QED) is 0.820. The van der Waals surface area contributed by atoms with Crippen LogP contribution in [-0.4, -0.2) is 12.5 Å². The largest absolute Gasteiger partial charge is 0.355 e. The maximum Gasteiger partial charge on any atom is 0.220 e. The van der Waals surface area contributed by atoms with Crippen LogP contribution in [0, 0.1) is 0 Å². The van der Waals surface area contributed by atoms with Crippen LogP contribution in [0.5, 0.6) is 0 Å². The van der Waals surface area contributed by atoms with Crippen LogP contribution in [0.2, 0.25) is 0 Å². The zero-order valence-electron chi connectivity index (χ0n) is 9.67. The van der Waals surface area contributed by atoms with Crippen molar-refractivity contribution >= 4 is 17.2 Å². The fourth-order valence-electron chi connectivity index (χ4n) is 1.39. The van der Waals surface area contributed by atoms with Crippen molar-refractivity contribution in [1.29, 1.82) is 0 Å². The van der Waals surface area contributed by atoms with Crippen LogP contribution >= 0.6 is 11.3 Å². The van der Waals surface area contributed by atoms with Crippen molar-refractivity contribution in [3.05, 3.63) is 22.4 Å². The maximum atomic E-state index is 11.4. The molecule has 1 N–H and O–H groups in total. The van der Waals surface area contributed by atoms with Crippen LogP contribution in [0.3, 0.4) is 0 Å². The van der Waals surface area contributed by atoms with Crippen molar-refractivity contribution in [3.8, 4) is 0 Å². The molecule has 0 atom stereocenters. The highest BCUT2D eigenvalue weighted by Crippen LogP contribution is 2.24. The lowest BCUT2D eigenvalue weighted by Crippen LogP contribution is -2.36. The van der Waals surface area contributed by atoms with E-state index in [1.165, 1.54) is 5.56 Å². The van der Waals surface area contributed by atoms with Gasteiger partial charge in [-0.1, -0.05) is 20.8 Å². The molecular formula is C12H19NOS. The first-order valence-electron chi connectivity index (χ1n) is 5.35. The van der Waals surface area contributed by atoms with Crippen LogP contribution in [0.15, 0.2) is 16.8 Å². The fourth-order valence-corrected chi connectivity index (χ4v) is 2.23. The smallest absolute Gasteiger partial charge is 0.220 e. The predicted molar refractivity (Wildman–Crippen MR) is 65.3 cm³/mol. The number of hydrogen-bond donors (Lipinski definition) is 1. The Morgan fingerprint density at radius 1 is 1.53 bits per heavy atom. The van der Waals surface area contributed by atoms with Crippen molar-refractivity contribution in [2.24, 2.45) is 0 Å². The Morgan fingerprint density at radius 3 is 2.80 bits per heavy atom. The second kappa shape index (κ2) is 5.31. The van der Waals surface area contributed by atoms with Gasteiger partial charge in [0.15, 0.2) is 0 Å². The van der Waals surface area contributed by atoms with Gasteiger partial charge in [0.05, 0.1) is 0 Å². The average molecular weight is 225 g/mol. The molecule has 0 aliphatic carbocycles. The highest BCUT2D eigenvalue weighted by molar-refractivity contribution is 7.08. The first-order valence-corrected chi connectivity index (χ1v) is 6.30. The molecule has 1 aromatic rings. The molecule has 1 aromatic heterocycles. The van der Waals surface area contributed by atoms with Gasteiger partial charge in [-0.2, -0.15) is 11.3 Å². The lowest BCUT2D eigenvalue weighted by atomic mass is 9.86. The minimum absolute atomic E-state index is 0.0312. The summed E-state index contributed by atoms with van der Waals surface area (Å²) in [5.74, 6) is 0.154. The lowest BCUT2D eigenvalue weighted by Gasteiger charge is -2.24. The molecule has 0 aliphatic heterocycles. The molecule has 0 aromatic carbocycles. The van der Waals surface area contributed by atoms with Gasteiger partial charge in [0, 0.05) is 18.4 Å². The minimum atomic E-state index is 0.0312. The Labute approximate surface area is 95.7 Å². The number of carbonyl (C=O) groups is 1. The summed E-state index contributed by atoms with van der Waals surface area (Å²) in [7, 11) is 0. The second-order valence-electron chi connectivity index (χ2n) is 4.42. The van der Waals surface area contributed by atoms with Crippen molar-refractivity contribution in [3.63, 3.8) is 0 Å². The minimum Gasteiger partial charge on any atom is -0.355 e. The molecule has 1 rings (SSSR count). The van der Waals surface area contributed by atoms with Gasteiger partial charge in [-0.05, 0) is 28.8 Å². The Kier molecular flexibility index (Phi) is 4.33. The molecular weight excluding hydrogens is 206 g/mol. The van der Waals surface area contributed by atoms with E-state index in [-0.39, 0.29) is 11.3 Å². The van der Waals surface area contributed by atoms with Crippen molar-refractivity contribution in [1.82, 2.24) is 5.32 Å². The van der Waals surface area contributed by atoms with Crippen LogP contribution in [0.4, 0.5) is 0 Å². The number of hydrogen-bond acceptors (Lipinski definition) is 2. The molecule has 0 radical (unpaired) electrons. The van der Waals surface area contributed by atoms with Gasteiger partial charge in [-0.25, -0.2) is 0 Å². The highest BCUT2D eigenvalue weighted by atomic mass is 32.1. The van der Waals surface area contributed by atoms with E-state index in [0.717, 1.165) is 6.42 Å². The summed E-state index contributed by atoms with van der Waals surface area (Å²) >= 11 is 1.70. The molecule has 0 saturated heterocycles. The molecule has 1 amide bonds. The molecule has 0 saturated carbocycles. The number of amides is 1. The molecule has 3 heteroatoms.